The molecule has 3 rings (SSSR count). The molecule has 2 fully saturated rings. The molecule has 1 aliphatic heterocycles. The molecule has 2 bridgehead atoms. The Hall–Kier alpha value is -1.36. The second kappa shape index (κ2) is 5.20. The number of aliphatic hydroxyl groups excluding tert-OH is 1. The molecule has 0 aromatic rings. The maximum absolute atomic E-state index is 12.7. The number of fused-ring (bicyclic) bond motifs is 2. The third-order valence-corrected chi connectivity index (χ3v) is 5.21. The van der Waals surface area contributed by atoms with Gasteiger partial charge in [0.1, 0.15) is 0 Å². The third kappa shape index (κ3) is 2.14. The molecule has 2 N–H and O–H groups in total. The molecule has 0 radical (unpaired) electrons. The summed E-state index contributed by atoms with van der Waals surface area (Å²) in [5.74, 6) is -1.35. The summed E-state index contributed by atoms with van der Waals surface area (Å²) in [5.41, 5.74) is 0. The van der Waals surface area contributed by atoms with Crippen molar-refractivity contribution in [2.24, 2.45) is 29.6 Å². The van der Waals surface area contributed by atoms with Crippen LogP contribution in [0.25, 0.3) is 0 Å². The number of carbonyl (C=O) groups excluding carboxylic acids is 1. The highest BCUT2D eigenvalue weighted by atomic mass is 16.4. The Morgan fingerprint density at radius 3 is 2.25 bits per heavy atom. The molecule has 1 saturated heterocycles. The first-order valence-electron chi connectivity index (χ1n) is 7.42. The van der Waals surface area contributed by atoms with Crippen molar-refractivity contribution in [3.63, 3.8) is 0 Å². The van der Waals surface area contributed by atoms with Crippen LogP contribution in [0.2, 0.25) is 0 Å². The lowest BCUT2D eigenvalue weighted by molar-refractivity contribution is -0.151. The monoisotopic (exact) mass is 279 g/mol. The highest BCUT2D eigenvalue weighted by Crippen LogP contribution is 2.49. The van der Waals surface area contributed by atoms with Gasteiger partial charge in [-0.1, -0.05) is 12.2 Å². The lowest BCUT2D eigenvalue weighted by Crippen LogP contribution is -2.46. The number of allylic oxidation sites excluding steroid dienone is 2. The van der Waals surface area contributed by atoms with Crippen molar-refractivity contribution in [1.82, 2.24) is 4.90 Å². The Balaban J connectivity index is 1.71. The van der Waals surface area contributed by atoms with Crippen LogP contribution in [0.3, 0.4) is 0 Å². The van der Waals surface area contributed by atoms with E-state index in [-0.39, 0.29) is 36.2 Å². The maximum atomic E-state index is 12.7. The molecule has 5 heteroatoms. The SMILES string of the molecule is O=C(O)[C@@H]1C2C=CC(C2)[C@@H]1C(=O)N1CCC(CO)CC1. The largest absolute Gasteiger partial charge is 0.481 e. The molecule has 0 aromatic carbocycles. The summed E-state index contributed by atoms with van der Waals surface area (Å²) < 4.78 is 0. The standard InChI is InChI=1S/C15H21NO4/c17-8-9-3-5-16(6-4-9)14(18)12-10-1-2-11(7-10)13(12)15(19)20/h1-2,9-13,17H,3-8H2,(H,19,20)/t10?,11?,12-,13+/m0/s1. The average Bonchev–Trinajstić information content (AvgIpc) is 3.07. The summed E-state index contributed by atoms with van der Waals surface area (Å²) in [4.78, 5) is 25.9. The number of nitrogens with zero attached hydrogens (tertiary/aromatic N) is 1. The molecule has 1 heterocycles. The summed E-state index contributed by atoms with van der Waals surface area (Å²) in [6, 6.07) is 0. The molecule has 1 amide bonds. The van der Waals surface area contributed by atoms with Gasteiger partial charge in [-0.25, -0.2) is 0 Å². The van der Waals surface area contributed by atoms with Gasteiger partial charge in [0, 0.05) is 19.7 Å². The van der Waals surface area contributed by atoms with Gasteiger partial charge in [0.05, 0.1) is 11.8 Å². The van der Waals surface area contributed by atoms with Gasteiger partial charge in [-0.2, -0.15) is 0 Å². The number of carboxylic acid groups (broad SMARTS) is 1. The predicted octanol–water partition coefficient (Wildman–Crippen LogP) is 0.740. The van der Waals surface area contributed by atoms with E-state index in [4.69, 9.17) is 5.11 Å². The summed E-state index contributed by atoms with van der Waals surface area (Å²) in [5, 5.41) is 18.5. The number of carbonyl (C=O) groups is 2. The predicted molar refractivity (Wildman–Crippen MR) is 71.7 cm³/mol. The van der Waals surface area contributed by atoms with Crippen molar-refractivity contribution in [3.05, 3.63) is 12.2 Å². The number of hydrogen-bond donors (Lipinski definition) is 2. The zero-order chi connectivity index (χ0) is 14.3. The molecule has 1 saturated carbocycles. The topological polar surface area (TPSA) is 77.8 Å². The first-order valence-corrected chi connectivity index (χ1v) is 7.42. The number of aliphatic hydroxyl groups is 1. The molecule has 0 spiro atoms. The summed E-state index contributed by atoms with van der Waals surface area (Å²) in [6.07, 6.45) is 6.42. The summed E-state index contributed by atoms with van der Waals surface area (Å²) in [7, 11) is 0. The fourth-order valence-electron chi connectivity index (χ4n) is 4.04. The van der Waals surface area contributed by atoms with E-state index in [0.717, 1.165) is 19.3 Å². The fraction of sp³-hybridized carbons (Fsp3) is 0.733. The van der Waals surface area contributed by atoms with Gasteiger partial charge in [-0.3, -0.25) is 9.59 Å². The van der Waals surface area contributed by atoms with Crippen molar-refractivity contribution in [2.45, 2.75) is 19.3 Å². The normalized spacial score (nSPS) is 36.5. The van der Waals surface area contributed by atoms with E-state index in [2.05, 4.69) is 0 Å². The third-order valence-electron chi connectivity index (χ3n) is 5.21. The number of likely N-dealkylation sites (tertiary alicyclic amines) is 1. The highest BCUT2D eigenvalue weighted by Gasteiger charge is 2.52. The smallest absolute Gasteiger partial charge is 0.307 e. The van der Waals surface area contributed by atoms with Gasteiger partial charge in [-0.15, -0.1) is 0 Å². The lowest BCUT2D eigenvalue weighted by atomic mass is 9.81. The molecule has 0 aromatic heterocycles. The van der Waals surface area contributed by atoms with E-state index in [1.807, 2.05) is 12.2 Å². The first kappa shape index (κ1) is 13.6. The van der Waals surface area contributed by atoms with Crippen molar-refractivity contribution in [1.29, 1.82) is 0 Å². The maximum Gasteiger partial charge on any atom is 0.307 e. The number of aliphatic carboxylic acids is 1. The zero-order valence-electron chi connectivity index (χ0n) is 11.4. The van der Waals surface area contributed by atoms with E-state index in [9.17, 15) is 14.7 Å². The molecule has 3 aliphatic rings. The van der Waals surface area contributed by atoms with Gasteiger partial charge in [-0.05, 0) is 37.0 Å². The molecule has 20 heavy (non-hydrogen) atoms. The van der Waals surface area contributed by atoms with Crippen LogP contribution >= 0.6 is 0 Å². The summed E-state index contributed by atoms with van der Waals surface area (Å²) in [6.45, 7) is 1.47. The molecule has 2 unspecified atom stereocenters. The quantitative estimate of drug-likeness (QED) is 0.747. The Morgan fingerprint density at radius 2 is 1.70 bits per heavy atom. The number of amides is 1. The van der Waals surface area contributed by atoms with E-state index >= 15 is 0 Å². The van der Waals surface area contributed by atoms with Crippen LogP contribution in [-0.4, -0.2) is 46.7 Å². The average molecular weight is 279 g/mol. The van der Waals surface area contributed by atoms with Gasteiger partial charge >= 0.3 is 5.97 Å². The van der Waals surface area contributed by atoms with Gasteiger partial charge in [0.15, 0.2) is 0 Å². The zero-order valence-corrected chi connectivity index (χ0v) is 11.4. The van der Waals surface area contributed by atoms with Gasteiger partial charge < -0.3 is 15.1 Å². The van der Waals surface area contributed by atoms with Crippen LogP contribution in [0.15, 0.2) is 12.2 Å². The van der Waals surface area contributed by atoms with Gasteiger partial charge in [0.2, 0.25) is 5.91 Å². The number of rotatable bonds is 3. The Bertz CT molecular complexity index is 439. The molecule has 5 nitrogen and oxygen atoms in total. The minimum atomic E-state index is -0.842. The highest BCUT2D eigenvalue weighted by molar-refractivity contribution is 5.87. The van der Waals surface area contributed by atoms with Crippen LogP contribution in [0.4, 0.5) is 0 Å². The number of piperidine rings is 1. The minimum Gasteiger partial charge on any atom is -0.481 e. The summed E-state index contributed by atoms with van der Waals surface area (Å²) >= 11 is 0. The number of hydrogen-bond acceptors (Lipinski definition) is 3. The number of carboxylic acids is 1. The first-order chi connectivity index (χ1) is 9.61. The molecule has 4 atom stereocenters. The second-order valence-electron chi connectivity index (χ2n) is 6.29. The lowest BCUT2D eigenvalue weighted by Gasteiger charge is -2.35. The van der Waals surface area contributed by atoms with E-state index < -0.39 is 11.9 Å². The molecule has 2 aliphatic carbocycles. The van der Waals surface area contributed by atoms with Crippen molar-refractivity contribution >= 4 is 11.9 Å². The van der Waals surface area contributed by atoms with E-state index in [1.54, 1.807) is 4.90 Å². The van der Waals surface area contributed by atoms with Crippen LogP contribution in [-0.2, 0) is 9.59 Å². The minimum absolute atomic E-state index is 0.00522. The second-order valence-corrected chi connectivity index (χ2v) is 6.29. The Morgan fingerprint density at radius 1 is 1.10 bits per heavy atom. The molecular formula is C15H21NO4. The Labute approximate surface area is 118 Å². The fourth-order valence-corrected chi connectivity index (χ4v) is 4.04. The molecular weight excluding hydrogens is 258 g/mol. The molecule has 110 valence electrons. The van der Waals surface area contributed by atoms with Gasteiger partial charge in [0.25, 0.3) is 0 Å². The van der Waals surface area contributed by atoms with Crippen LogP contribution < -0.4 is 0 Å². The van der Waals surface area contributed by atoms with Crippen molar-refractivity contribution in [2.75, 3.05) is 19.7 Å². The van der Waals surface area contributed by atoms with Crippen LogP contribution in [0.1, 0.15) is 19.3 Å². The van der Waals surface area contributed by atoms with E-state index in [0.29, 0.717) is 13.1 Å². The van der Waals surface area contributed by atoms with Crippen molar-refractivity contribution < 1.29 is 19.8 Å². The van der Waals surface area contributed by atoms with Crippen LogP contribution in [0.5, 0.6) is 0 Å². The Kier molecular flexibility index (Phi) is 3.54. The van der Waals surface area contributed by atoms with E-state index in [1.165, 1.54) is 0 Å². The van der Waals surface area contributed by atoms with Crippen LogP contribution in [0, 0.1) is 29.6 Å². The van der Waals surface area contributed by atoms with Crippen molar-refractivity contribution in [3.8, 4) is 0 Å².